The SMILES string of the molecule is CCCCCCCCCCCCCCCCCC(=O)O[C@H](COC(=O)CCCCCCC)COP(=O)([O-])OCC[N+](C)(C)C. The first-order valence-corrected chi connectivity index (χ1v) is 19.2. The van der Waals surface area contributed by atoms with Crippen molar-refractivity contribution >= 4 is 19.8 Å². The normalized spacial score (nSPS) is 13.9. The lowest BCUT2D eigenvalue weighted by Crippen LogP contribution is -2.37. The summed E-state index contributed by atoms with van der Waals surface area (Å²) < 4.78 is 33.5. The van der Waals surface area contributed by atoms with E-state index in [0.717, 1.165) is 44.9 Å². The lowest BCUT2D eigenvalue weighted by atomic mass is 10.0. The van der Waals surface area contributed by atoms with E-state index in [9.17, 15) is 19.0 Å². The van der Waals surface area contributed by atoms with Crippen molar-refractivity contribution in [2.75, 3.05) is 47.5 Å². The molecule has 0 saturated carbocycles. The Hall–Kier alpha value is -0.990. The van der Waals surface area contributed by atoms with E-state index in [1.165, 1.54) is 77.0 Å². The van der Waals surface area contributed by atoms with Crippen molar-refractivity contribution in [1.29, 1.82) is 0 Å². The second-order valence-electron chi connectivity index (χ2n) is 13.2. The van der Waals surface area contributed by atoms with Gasteiger partial charge in [-0.05, 0) is 12.8 Å². The number of likely N-dealkylation sites (N-methyl/N-ethyl adjacent to an activating group) is 1. The number of phosphoric acid groups is 1. The van der Waals surface area contributed by atoms with Gasteiger partial charge in [-0.3, -0.25) is 14.2 Å². The monoisotopic (exact) mass is 649 g/mol. The summed E-state index contributed by atoms with van der Waals surface area (Å²) in [6, 6.07) is 0. The van der Waals surface area contributed by atoms with Crippen LogP contribution in [0.2, 0.25) is 0 Å². The van der Waals surface area contributed by atoms with Gasteiger partial charge in [0.15, 0.2) is 6.10 Å². The van der Waals surface area contributed by atoms with Gasteiger partial charge in [-0.2, -0.15) is 0 Å². The van der Waals surface area contributed by atoms with Gasteiger partial charge >= 0.3 is 11.9 Å². The third kappa shape index (κ3) is 31.0. The van der Waals surface area contributed by atoms with Gasteiger partial charge < -0.3 is 27.9 Å². The van der Waals surface area contributed by atoms with Gasteiger partial charge in [0.25, 0.3) is 7.82 Å². The fourth-order valence-corrected chi connectivity index (χ4v) is 5.50. The van der Waals surface area contributed by atoms with Gasteiger partial charge in [-0.25, -0.2) is 0 Å². The molecule has 0 saturated heterocycles. The Morgan fingerprint density at radius 3 is 1.45 bits per heavy atom. The number of hydrogen-bond acceptors (Lipinski definition) is 8. The molecule has 0 aromatic heterocycles. The van der Waals surface area contributed by atoms with E-state index in [1.54, 1.807) is 0 Å². The molecule has 0 aliphatic rings. The van der Waals surface area contributed by atoms with Gasteiger partial charge in [0.05, 0.1) is 27.7 Å². The first-order chi connectivity index (χ1) is 21.0. The molecule has 0 heterocycles. The number of esters is 2. The first-order valence-electron chi connectivity index (χ1n) is 17.7. The van der Waals surface area contributed by atoms with Gasteiger partial charge in [-0.1, -0.05) is 129 Å². The van der Waals surface area contributed by atoms with E-state index in [4.69, 9.17) is 18.5 Å². The molecule has 0 rings (SSSR count). The van der Waals surface area contributed by atoms with Crippen molar-refractivity contribution in [3.05, 3.63) is 0 Å². The molecular formula is C34H68NO8P. The van der Waals surface area contributed by atoms with Crippen molar-refractivity contribution in [2.45, 2.75) is 161 Å². The maximum Gasteiger partial charge on any atom is 0.306 e. The van der Waals surface area contributed by atoms with Gasteiger partial charge in [0.2, 0.25) is 0 Å². The largest absolute Gasteiger partial charge is 0.756 e. The average molecular weight is 650 g/mol. The summed E-state index contributed by atoms with van der Waals surface area (Å²) in [6.45, 7) is 4.12. The molecule has 0 aliphatic heterocycles. The smallest absolute Gasteiger partial charge is 0.306 e. The van der Waals surface area contributed by atoms with Crippen molar-refractivity contribution in [3.8, 4) is 0 Å². The Balaban J connectivity index is 4.32. The summed E-state index contributed by atoms with van der Waals surface area (Å²) in [5, 5.41) is 0. The number of hydrogen-bond donors (Lipinski definition) is 0. The minimum absolute atomic E-state index is 0.0268. The highest BCUT2D eigenvalue weighted by atomic mass is 31.2. The van der Waals surface area contributed by atoms with E-state index in [2.05, 4.69) is 13.8 Å². The highest BCUT2D eigenvalue weighted by molar-refractivity contribution is 7.45. The Morgan fingerprint density at radius 2 is 1.02 bits per heavy atom. The maximum atomic E-state index is 12.5. The number of ether oxygens (including phenoxy) is 2. The molecule has 262 valence electrons. The third-order valence-corrected chi connectivity index (χ3v) is 8.59. The van der Waals surface area contributed by atoms with Gasteiger partial charge in [0.1, 0.15) is 19.8 Å². The number of unbranched alkanes of at least 4 members (excludes halogenated alkanes) is 18. The molecular weight excluding hydrogens is 581 g/mol. The van der Waals surface area contributed by atoms with E-state index in [-0.39, 0.29) is 26.1 Å². The van der Waals surface area contributed by atoms with Crippen LogP contribution in [0.15, 0.2) is 0 Å². The zero-order chi connectivity index (χ0) is 32.9. The third-order valence-electron chi connectivity index (χ3n) is 7.63. The molecule has 2 atom stereocenters. The van der Waals surface area contributed by atoms with Crippen LogP contribution >= 0.6 is 7.82 Å². The molecule has 0 radical (unpaired) electrons. The lowest BCUT2D eigenvalue weighted by molar-refractivity contribution is -0.870. The standard InChI is InChI=1S/C34H68NO8P/c1-6-8-10-12-13-14-15-16-17-18-19-20-21-23-25-27-34(37)43-32(30-40-33(36)26-24-22-11-9-7-2)31-42-44(38,39)41-29-28-35(3,4)5/h32H,6-31H2,1-5H3/t32-/m1/s1. The number of nitrogens with zero attached hydrogens (tertiary/aromatic N) is 1. The zero-order valence-corrected chi connectivity index (χ0v) is 30.0. The highest BCUT2D eigenvalue weighted by Crippen LogP contribution is 2.38. The summed E-state index contributed by atoms with van der Waals surface area (Å²) in [6.07, 6.45) is 23.1. The lowest BCUT2D eigenvalue weighted by Gasteiger charge is -2.28. The van der Waals surface area contributed by atoms with Crippen LogP contribution in [-0.2, 0) is 32.7 Å². The Morgan fingerprint density at radius 1 is 0.614 bits per heavy atom. The second kappa shape index (κ2) is 28.3. The van der Waals surface area contributed by atoms with Crippen LogP contribution in [0, 0.1) is 0 Å². The van der Waals surface area contributed by atoms with Gasteiger partial charge in [-0.15, -0.1) is 0 Å². The van der Waals surface area contributed by atoms with Crippen molar-refractivity contribution in [1.82, 2.24) is 0 Å². The highest BCUT2D eigenvalue weighted by Gasteiger charge is 2.21. The molecule has 44 heavy (non-hydrogen) atoms. The summed E-state index contributed by atoms with van der Waals surface area (Å²) in [5.41, 5.74) is 0. The fraction of sp³-hybridized carbons (Fsp3) is 0.941. The number of carbonyl (C=O) groups excluding carboxylic acids is 2. The van der Waals surface area contributed by atoms with Crippen LogP contribution in [0.3, 0.4) is 0 Å². The van der Waals surface area contributed by atoms with E-state index in [1.807, 2.05) is 21.1 Å². The summed E-state index contributed by atoms with van der Waals surface area (Å²) in [5.74, 6) is -0.843. The van der Waals surface area contributed by atoms with Crippen LogP contribution < -0.4 is 4.89 Å². The van der Waals surface area contributed by atoms with Crippen LogP contribution in [-0.4, -0.2) is 70.0 Å². The van der Waals surface area contributed by atoms with E-state index >= 15 is 0 Å². The summed E-state index contributed by atoms with van der Waals surface area (Å²) in [4.78, 5) is 36.9. The number of quaternary nitrogens is 1. The van der Waals surface area contributed by atoms with Crippen molar-refractivity contribution in [2.24, 2.45) is 0 Å². The molecule has 0 aromatic rings. The Bertz CT molecular complexity index is 743. The second-order valence-corrected chi connectivity index (χ2v) is 14.7. The van der Waals surface area contributed by atoms with E-state index < -0.39 is 32.5 Å². The number of carbonyl (C=O) groups is 2. The molecule has 0 N–H and O–H groups in total. The van der Waals surface area contributed by atoms with Crippen LogP contribution in [0.25, 0.3) is 0 Å². The molecule has 0 bridgehead atoms. The zero-order valence-electron chi connectivity index (χ0n) is 29.1. The number of rotatable bonds is 32. The Labute approximate surface area is 270 Å². The minimum atomic E-state index is -4.60. The van der Waals surface area contributed by atoms with E-state index in [0.29, 0.717) is 17.4 Å². The van der Waals surface area contributed by atoms with Crippen LogP contribution in [0.4, 0.5) is 0 Å². The molecule has 10 heteroatoms. The Kier molecular flexibility index (Phi) is 27.6. The molecule has 9 nitrogen and oxygen atoms in total. The van der Waals surface area contributed by atoms with Crippen molar-refractivity contribution < 1.29 is 42.1 Å². The maximum absolute atomic E-state index is 12.5. The summed E-state index contributed by atoms with van der Waals surface area (Å²) >= 11 is 0. The fourth-order valence-electron chi connectivity index (χ4n) is 4.77. The molecule has 0 aromatic carbocycles. The molecule has 0 aliphatic carbocycles. The average Bonchev–Trinajstić information content (AvgIpc) is 2.95. The van der Waals surface area contributed by atoms with Crippen LogP contribution in [0.5, 0.6) is 0 Å². The molecule has 0 amide bonds. The summed E-state index contributed by atoms with van der Waals surface area (Å²) in [7, 11) is 1.17. The molecule has 1 unspecified atom stereocenters. The molecule has 0 spiro atoms. The van der Waals surface area contributed by atoms with Crippen LogP contribution in [0.1, 0.15) is 155 Å². The predicted octanol–water partition coefficient (Wildman–Crippen LogP) is 8.27. The first kappa shape index (κ1) is 43.0. The topological polar surface area (TPSA) is 111 Å². The predicted molar refractivity (Wildman–Crippen MR) is 176 cm³/mol. The quantitative estimate of drug-likeness (QED) is 0.0310. The van der Waals surface area contributed by atoms with Gasteiger partial charge in [0, 0.05) is 12.8 Å². The molecule has 0 fully saturated rings. The van der Waals surface area contributed by atoms with Crippen molar-refractivity contribution in [3.63, 3.8) is 0 Å². The minimum Gasteiger partial charge on any atom is -0.756 e. The number of phosphoric ester groups is 1.